The van der Waals surface area contributed by atoms with Crippen molar-refractivity contribution < 1.29 is 6.29 Å². The van der Waals surface area contributed by atoms with Crippen LogP contribution < -0.4 is 0 Å². The molecule has 1 aromatic rings. The largest absolute Gasteiger partial charge is 0.306 e. The van der Waals surface area contributed by atoms with Crippen molar-refractivity contribution in [1.82, 2.24) is 9.78 Å². The highest BCUT2D eigenvalue weighted by atomic mass is 16.6. The van der Waals surface area contributed by atoms with E-state index in [1.54, 1.807) is 0 Å². The van der Waals surface area contributed by atoms with Gasteiger partial charge in [-0.3, -0.25) is 14.8 Å². The summed E-state index contributed by atoms with van der Waals surface area (Å²) in [5, 5.41) is 13.6. The van der Waals surface area contributed by atoms with E-state index < -0.39 is 4.92 Å². The van der Waals surface area contributed by atoms with Crippen LogP contribution in [0.1, 0.15) is 1.37 Å². The fraction of sp³-hybridized carbons (Fsp3) is 0.250. The molecule has 0 fully saturated rings. The van der Waals surface area contributed by atoms with Gasteiger partial charge in [-0.1, -0.05) is 0 Å². The average Bonchev–Trinajstić information content (AvgIpc) is 2.34. The lowest BCUT2D eigenvalue weighted by atomic mass is 10.6. The molecule has 1 heterocycles. The highest BCUT2D eigenvalue weighted by Crippen LogP contribution is 2.05. The minimum Gasteiger partial charge on any atom is -0.269 e. The summed E-state index contributed by atoms with van der Waals surface area (Å²) in [7, 11) is -0.0894. The number of aromatic nitrogens is 2. The monoisotopic (exact) mass is 128 g/mol. The van der Waals surface area contributed by atoms with Crippen molar-refractivity contribution in [3.05, 3.63) is 22.5 Å². The van der Waals surface area contributed by atoms with Crippen LogP contribution in [0, 0.1) is 10.1 Å². The minimum atomic E-state index is -0.542. The number of nitro groups is 1. The molecule has 0 amide bonds. The Kier molecular flexibility index (Phi) is 0.921. The fourth-order valence-electron chi connectivity index (χ4n) is 0.447. The standard InChI is InChI=1S/C4H5N3O2/c1-6-3-4(2-5-6)7(8)9/h2-3H,1H3/i1D. The number of nitrogens with zero attached hydrogens (tertiary/aromatic N) is 3. The van der Waals surface area contributed by atoms with E-state index in [1.807, 2.05) is 0 Å². The van der Waals surface area contributed by atoms with Gasteiger partial charge in [0.05, 0.1) is 4.92 Å². The zero-order valence-corrected chi connectivity index (χ0v) is 4.52. The number of hydrogen-bond acceptors (Lipinski definition) is 3. The normalized spacial score (nSPS) is 10.9. The van der Waals surface area contributed by atoms with Crippen LogP contribution in [0.25, 0.3) is 0 Å². The summed E-state index contributed by atoms with van der Waals surface area (Å²) in [5.41, 5.74) is -0.0766. The molecule has 5 heteroatoms. The third kappa shape index (κ3) is 1.04. The maximum Gasteiger partial charge on any atom is 0.306 e. The van der Waals surface area contributed by atoms with Crippen molar-refractivity contribution in [2.45, 2.75) is 0 Å². The maximum absolute atomic E-state index is 10.0. The smallest absolute Gasteiger partial charge is 0.269 e. The van der Waals surface area contributed by atoms with Crippen LogP contribution >= 0.6 is 0 Å². The van der Waals surface area contributed by atoms with E-state index in [-0.39, 0.29) is 12.7 Å². The molecule has 0 atom stereocenters. The zero-order chi connectivity index (χ0) is 7.56. The second-order valence-corrected chi connectivity index (χ2v) is 1.50. The van der Waals surface area contributed by atoms with Gasteiger partial charge in [0, 0.05) is 8.39 Å². The van der Waals surface area contributed by atoms with Crippen LogP contribution in [0.2, 0.25) is 0 Å². The Morgan fingerprint density at radius 2 is 2.89 bits per heavy atom. The van der Waals surface area contributed by atoms with Crippen molar-refractivity contribution in [3.8, 4) is 0 Å². The summed E-state index contributed by atoms with van der Waals surface area (Å²) in [6.07, 6.45) is 2.33. The molecule has 0 saturated heterocycles. The molecular formula is C4H5N3O2. The minimum absolute atomic E-state index is 0.0766. The Balaban J connectivity index is 2.88. The first kappa shape index (κ1) is 4.49. The quantitative estimate of drug-likeness (QED) is 0.404. The maximum atomic E-state index is 10.0. The van der Waals surface area contributed by atoms with Gasteiger partial charge < -0.3 is 0 Å². The Morgan fingerprint density at radius 3 is 3.22 bits per heavy atom. The molecule has 0 aromatic carbocycles. The van der Waals surface area contributed by atoms with Crippen molar-refractivity contribution in [3.63, 3.8) is 0 Å². The molecule has 1 aromatic heterocycles. The summed E-state index contributed by atoms with van der Waals surface area (Å²) < 4.78 is 7.95. The lowest BCUT2D eigenvalue weighted by Crippen LogP contribution is -1.86. The van der Waals surface area contributed by atoms with E-state index in [2.05, 4.69) is 5.10 Å². The Bertz CT molecular complexity index is 246. The first-order chi connectivity index (χ1) is 4.74. The molecule has 0 bridgehead atoms. The van der Waals surface area contributed by atoms with Gasteiger partial charge in [-0.25, -0.2) is 0 Å². The summed E-state index contributed by atoms with van der Waals surface area (Å²) in [6, 6.07) is 0. The lowest BCUT2D eigenvalue weighted by Gasteiger charge is -1.79. The molecule has 0 aliphatic rings. The number of aryl methyl sites for hydroxylation is 1. The number of rotatable bonds is 1. The Morgan fingerprint density at radius 1 is 2.11 bits per heavy atom. The van der Waals surface area contributed by atoms with E-state index in [0.29, 0.717) is 0 Å². The SMILES string of the molecule is [2H]Cn1cc([N+](=O)[O-])cn1. The topological polar surface area (TPSA) is 61.0 Å². The molecule has 48 valence electrons. The van der Waals surface area contributed by atoms with Crippen LogP contribution in [0.3, 0.4) is 0 Å². The molecule has 9 heavy (non-hydrogen) atoms. The lowest BCUT2D eigenvalue weighted by molar-refractivity contribution is -0.384. The van der Waals surface area contributed by atoms with Crippen LogP contribution in [-0.2, 0) is 7.02 Å². The molecule has 0 aliphatic carbocycles. The van der Waals surface area contributed by atoms with Gasteiger partial charge in [0.2, 0.25) is 0 Å². The van der Waals surface area contributed by atoms with Gasteiger partial charge in [0.25, 0.3) is 0 Å². The molecule has 0 radical (unpaired) electrons. The second kappa shape index (κ2) is 1.85. The van der Waals surface area contributed by atoms with Crippen LogP contribution in [0.5, 0.6) is 0 Å². The molecule has 5 nitrogen and oxygen atoms in total. The zero-order valence-electron chi connectivity index (χ0n) is 5.52. The van der Waals surface area contributed by atoms with Gasteiger partial charge in [-0.2, -0.15) is 5.10 Å². The fourth-order valence-corrected chi connectivity index (χ4v) is 0.447. The molecule has 1 rings (SSSR count). The van der Waals surface area contributed by atoms with Gasteiger partial charge in [-0.05, 0) is 0 Å². The Labute approximate surface area is 52.5 Å². The third-order valence-corrected chi connectivity index (χ3v) is 0.830. The van der Waals surface area contributed by atoms with E-state index >= 15 is 0 Å². The van der Waals surface area contributed by atoms with Crippen LogP contribution in [0.4, 0.5) is 5.69 Å². The van der Waals surface area contributed by atoms with Crippen molar-refractivity contribution in [1.29, 1.82) is 0 Å². The van der Waals surface area contributed by atoms with E-state index in [1.165, 1.54) is 10.9 Å². The molecule has 0 N–H and O–H groups in total. The van der Waals surface area contributed by atoms with E-state index in [9.17, 15) is 10.1 Å². The van der Waals surface area contributed by atoms with Gasteiger partial charge in [0.1, 0.15) is 12.4 Å². The Hall–Kier alpha value is -1.39. The van der Waals surface area contributed by atoms with Crippen molar-refractivity contribution >= 4 is 5.69 Å². The summed E-state index contributed by atoms with van der Waals surface area (Å²) in [6.45, 7) is 0. The molecule has 0 spiro atoms. The second-order valence-electron chi connectivity index (χ2n) is 1.50. The van der Waals surface area contributed by atoms with Crippen LogP contribution in [0.15, 0.2) is 12.4 Å². The molecular weight excluding hydrogens is 122 g/mol. The highest BCUT2D eigenvalue weighted by Gasteiger charge is 2.05. The summed E-state index contributed by atoms with van der Waals surface area (Å²) in [5.74, 6) is 0. The third-order valence-electron chi connectivity index (χ3n) is 0.830. The van der Waals surface area contributed by atoms with Gasteiger partial charge in [-0.15, -0.1) is 0 Å². The van der Waals surface area contributed by atoms with E-state index in [4.69, 9.17) is 1.37 Å². The predicted molar refractivity (Wildman–Crippen MR) is 29.9 cm³/mol. The van der Waals surface area contributed by atoms with E-state index in [0.717, 1.165) is 6.20 Å². The average molecular weight is 128 g/mol. The van der Waals surface area contributed by atoms with Gasteiger partial charge >= 0.3 is 5.69 Å². The summed E-state index contributed by atoms with van der Waals surface area (Å²) in [4.78, 5) is 9.48. The van der Waals surface area contributed by atoms with Crippen molar-refractivity contribution in [2.75, 3.05) is 0 Å². The van der Waals surface area contributed by atoms with Crippen LogP contribution in [-0.4, -0.2) is 14.7 Å². The molecule has 0 unspecified atom stereocenters. The predicted octanol–water partition coefficient (Wildman–Crippen LogP) is 0.328. The first-order valence-corrected chi connectivity index (χ1v) is 2.20. The summed E-state index contributed by atoms with van der Waals surface area (Å²) >= 11 is 0. The molecule has 0 aliphatic heterocycles. The first-order valence-electron chi connectivity index (χ1n) is 2.91. The highest BCUT2D eigenvalue weighted by molar-refractivity contribution is 5.20. The number of hydrogen-bond donors (Lipinski definition) is 0. The van der Waals surface area contributed by atoms with Crippen molar-refractivity contribution in [2.24, 2.45) is 7.02 Å². The molecule has 0 saturated carbocycles. The van der Waals surface area contributed by atoms with Gasteiger partial charge in [0.15, 0.2) is 0 Å².